The van der Waals surface area contributed by atoms with Gasteiger partial charge >= 0.3 is 0 Å². The highest BCUT2D eigenvalue weighted by Gasteiger charge is 2.12. The summed E-state index contributed by atoms with van der Waals surface area (Å²) in [5, 5.41) is 3.44. The zero-order chi connectivity index (χ0) is 12.8. The average molecular weight is 329 g/mol. The van der Waals surface area contributed by atoms with Crippen LogP contribution in [-0.2, 0) is 6.54 Å². The van der Waals surface area contributed by atoms with E-state index in [9.17, 15) is 0 Å². The van der Waals surface area contributed by atoms with Crippen molar-refractivity contribution in [2.24, 2.45) is 0 Å². The number of nitrogens with zero attached hydrogens (tertiary/aromatic N) is 1. The molecular weight excluding hydrogens is 308 g/mol. The molecule has 1 aromatic rings. The maximum absolute atomic E-state index is 3.69. The molecule has 0 spiro atoms. The van der Waals surface area contributed by atoms with Crippen LogP contribution in [0.1, 0.15) is 18.9 Å². The van der Waals surface area contributed by atoms with E-state index in [1.807, 2.05) is 0 Å². The molecule has 0 amide bonds. The van der Waals surface area contributed by atoms with Gasteiger partial charge in [-0.3, -0.25) is 0 Å². The minimum Gasteiger partial charge on any atom is -0.370 e. The number of thioether (sulfide) groups is 1. The number of hydrogen-bond acceptors (Lipinski definition) is 3. The van der Waals surface area contributed by atoms with Crippen molar-refractivity contribution in [3.63, 3.8) is 0 Å². The molecule has 1 aliphatic rings. The van der Waals surface area contributed by atoms with Gasteiger partial charge in [0.05, 0.1) is 0 Å². The predicted octanol–water partition coefficient (Wildman–Crippen LogP) is 3.50. The van der Waals surface area contributed by atoms with Gasteiger partial charge in [0.1, 0.15) is 0 Å². The maximum Gasteiger partial charge on any atom is 0.0378 e. The monoisotopic (exact) mass is 328 g/mol. The van der Waals surface area contributed by atoms with Crippen molar-refractivity contribution in [3.05, 3.63) is 28.2 Å². The van der Waals surface area contributed by atoms with E-state index in [4.69, 9.17) is 0 Å². The van der Waals surface area contributed by atoms with Gasteiger partial charge in [0, 0.05) is 41.3 Å². The molecule has 1 aromatic carbocycles. The minimum atomic E-state index is 0.949. The summed E-state index contributed by atoms with van der Waals surface area (Å²) in [4.78, 5) is 2.48. The lowest BCUT2D eigenvalue weighted by molar-refractivity contribution is 0.674. The lowest BCUT2D eigenvalue weighted by Crippen LogP contribution is -2.32. The molecule has 2 nitrogen and oxygen atoms in total. The molecule has 1 aliphatic heterocycles. The van der Waals surface area contributed by atoms with Crippen LogP contribution in [0.25, 0.3) is 0 Å². The summed E-state index contributed by atoms with van der Waals surface area (Å²) in [5.74, 6) is 2.49. The second-order valence-corrected chi connectivity index (χ2v) is 6.63. The SMILES string of the molecule is CCCNCc1ccc(N2CCSCC2)cc1Br. The Bertz CT molecular complexity index is 378. The fraction of sp³-hybridized carbons (Fsp3) is 0.571. The van der Waals surface area contributed by atoms with Crippen molar-refractivity contribution >= 4 is 33.4 Å². The topological polar surface area (TPSA) is 15.3 Å². The Morgan fingerprint density at radius 1 is 1.33 bits per heavy atom. The van der Waals surface area contributed by atoms with E-state index in [0.717, 1.165) is 13.1 Å². The van der Waals surface area contributed by atoms with Crippen molar-refractivity contribution in [1.82, 2.24) is 5.32 Å². The Labute approximate surface area is 123 Å². The molecule has 1 N–H and O–H groups in total. The zero-order valence-corrected chi connectivity index (χ0v) is 13.3. The van der Waals surface area contributed by atoms with Gasteiger partial charge in [0.15, 0.2) is 0 Å². The quantitative estimate of drug-likeness (QED) is 0.833. The van der Waals surface area contributed by atoms with E-state index in [2.05, 4.69) is 63.0 Å². The Kier molecular flexibility index (Phi) is 5.86. The lowest BCUT2D eigenvalue weighted by atomic mass is 10.2. The van der Waals surface area contributed by atoms with Crippen molar-refractivity contribution < 1.29 is 0 Å². The predicted molar refractivity (Wildman–Crippen MR) is 85.7 cm³/mol. The van der Waals surface area contributed by atoms with E-state index in [1.165, 1.54) is 46.7 Å². The van der Waals surface area contributed by atoms with E-state index < -0.39 is 0 Å². The first kappa shape index (κ1) is 14.2. The molecule has 1 saturated heterocycles. The van der Waals surface area contributed by atoms with Crippen LogP contribution in [-0.4, -0.2) is 31.1 Å². The van der Waals surface area contributed by atoms with E-state index in [0.29, 0.717) is 0 Å². The molecule has 18 heavy (non-hydrogen) atoms. The number of rotatable bonds is 5. The number of nitrogens with one attached hydrogen (secondary N) is 1. The fourth-order valence-electron chi connectivity index (χ4n) is 2.10. The molecule has 0 atom stereocenters. The van der Waals surface area contributed by atoms with Crippen molar-refractivity contribution in [3.8, 4) is 0 Å². The first-order valence-electron chi connectivity index (χ1n) is 6.63. The summed E-state index contributed by atoms with van der Waals surface area (Å²) in [6, 6.07) is 6.76. The van der Waals surface area contributed by atoms with Gasteiger partial charge in [-0.1, -0.05) is 28.9 Å². The van der Waals surface area contributed by atoms with Gasteiger partial charge in [0.2, 0.25) is 0 Å². The molecule has 0 aliphatic carbocycles. The van der Waals surface area contributed by atoms with Crippen LogP contribution >= 0.6 is 27.7 Å². The average Bonchev–Trinajstić information content (AvgIpc) is 2.42. The fourth-order valence-corrected chi connectivity index (χ4v) is 3.51. The van der Waals surface area contributed by atoms with E-state index in [-0.39, 0.29) is 0 Å². The largest absolute Gasteiger partial charge is 0.370 e. The highest BCUT2D eigenvalue weighted by atomic mass is 79.9. The number of anilines is 1. The Hall–Kier alpha value is -0.190. The van der Waals surface area contributed by atoms with Crippen molar-refractivity contribution in [2.75, 3.05) is 36.0 Å². The third-order valence-electron chi connectivity index (χ3n) is 3.16. The summed E-state index contributed by atoms with van der Waals surface area (Å²) in [6.07, 6.45) is 1.18. The molecule has 0 unspecified atom stereocenters. The van der Waals surface area contributed by atoms with Gasteiger partial charge in [-0.2, -0.15) is 11.8 Å². The molecule has 0 radical (unpaired) electrons. The van der Waals surface area contributed by atoms with Crippen LogP contribution in [0.3, 0.4) is 0 Å². The Morgan fingerprint density at radius 3 is 2.78 bits per heavy atom. The highest BCUT2D eigenvalue weighted by Crippen LogP contribution is 2.26. The Balaban J connectivity index is 1.99. The molecule has 2 rings (SSSR count). The van der Waals surface area contributed by atoms with Crippen LogP contribution in [0.15, 0.2) is 22.7 Å². The van der Waals surface area contributed by atoms with Gasteiger partial charge in [-0.15, -0.1) is 0 Å². The second kappa shape index (κ2) is 7.41. The molecule has 4 heteroatoms. The zero-order valence-electron chi connectivity index (χ0n) is 10.9. The second-order valence-electron chi connectivity index (χ2n) is 4.55. The Morgan fingerprint density at radius 2 is 2.11 bits per heavy atom. The van der Waals surface area contributed by atoms with E-state index >= 15 is 0 Å². The van der Waals surface area contributed by atoms with Crippen LogP contribution in [0.4, 0.5) is 5.69 Å². The normalized spacial score (nSPS) is 16.0. The third-order valence-corrected chi connectivity index (χ3v) is 4.84. The van der Waals surface area contributed by atoms with Gasteiger partial charge in [0.25, 0.3) is 0 Å². The van der Waals surface area contributed by atoms with Gasteiger partial charge in [-0.05, 0) is 30.7 Å². The summed E-state index contributed by atoms with van der Waals surface area (Å²) in [7, 11) is 0. The van der Waals surface area contributed by atoms with Crippen molar-refractivity contribution in [2.45, 2.75) is 19.9 Å². The minimum absolute atomic E-state index is 0.949. The first-order valence-corrected chi connectivity index (χ1v) is 8.58. The van der Waals surface area contributed by atoms with E-state index in [1.54, 1.807) is 0 Å². The van der Waals surface area contributed by atoms with Crippen LogP contribution < -0.4 is 10.2 Å². The third kappa shape index (κ3) is 3.90. The lowest BCUT2D eigenvalue weighted by Gasteiger charge is -2.29. The number of halogens is 1. The highest BCUT2D eigenvalue weighted by molar-refractivity contribution is 9.10. The van der Waals surface area contributed by atoms with Gasteiger partial charge < -0.3 is 10.2 Å². The van der Waals surface area contributed by atoms with Crippen LogP contribution in [0.5, 0.6) is 0 Å². The number of benzene rings is 1. The molecular formula is C14H21BrN2S. The maximum atomic E-state index is 3.69. The molecule has 0 aromatic heterocycles. The first-order chi connectivity index (χ1) is 8.81. The standard InChI is InChI=1S/C14H21BrN2S/c1-2-5-16-11-12-3-4-13(10-14(12)15)17-6-8-18-9-7-17/h3-4,10,16H,2,5-9,11H2,1H3. The molecule has 0 saturated carbocycles. The number of hydrogen-bond donors (Lipinski definition) is 1. The molecule has 100 valence electrons. The van der Waals surface area contributed by atoms with Crippen LogP contribution in [0, 0.1) is 0 Å². The summed E-state index contributed by atoms with van der Waals surface area (Å²) < 4.78 is 1.22. The molecule has 1 fully saturated rings. The smallest absolute Gasteiger partial charge is 0.0378 e. The summed E-state index contributed by atoms with van der Waals surface area (Å²) in [5.41, 5.74) is 2.69. The van der Waals surface area contributed by atoms with Crippen molar-refractivity contribution in [1.29, 1.82) is 0 Å². The molecule has 0 bridgehead atoms. The molecule has 1 heterocycles. The summed E-state index contributed by atoms with van der Waals surface area (Å²) >= 11 is 5.74. The summed E-state index contributed by atoms with van der Waals surface area (Å²) in [6.45, 7) is 6.57. The van der Waals surface area contributed by atoms with Crippen LogP contribution in [0.2, 0.25) is 0 Å². The van der Waals surface area contributed by atoms with Gasteiger partial charge in [-0.25, -0.2) is 0 Å².